The van der Waals surface area contributed by atoms with Gasteiger partial charge in [0.05, 0.1) is 0 Å². The summed E-state index contributed by atoms with van der Waals surface area (Å²) < 4.78 is 0. The maximum atomic E-state index is 5.89. The van der Waals surface area contributed by atoms with E-state index in [9.17, 15) is 0 Å². The molecule has 88 valence electrons. The molecule has 1 aliphatic rings. The van der Waals surface area contributed by atoms with E-state index in [4.69, 9.17) is 5.73 Å². The van der Waals surface area contributed by atoms with Crippen LogP contribution in [0.25, 0.3) is 0 Å². The van der Waals surface area contributed by atoms with Gasteiger partial charge in [0.1, 0.15) is 0 Å². The van der Waals surface area contributed by atoms with Crippen molar-refractivity contribution in [3.8, 4) is 0 Å². The zero-order chi connectivity index (χ0) is 11.1. The average Bonchev–Trinajstić information content (AvgIpc) is 2.32. The Hall–Kier alpha value is -0.300. The Morgan fingerprint density at radius 2 is 1.80 bits per heavy atom. The molecule has 0 aliphatic heterocycles. The van der Waals surface area contributed by atoms with Gasteiger partial charge in [-0.3, -0.25) is 0 Å². The molecule has 0 aromatic heterocycles. The van der Waals surface area contributed by atoms with E-state index in [2.05, 4.69) is 19.9 Å². The van der Waals surface area contributed by atoms with Gasteiger partial charge in [-0.15, -0.1) is 0 Å². The van der Waals surface area contributed by atoms with Gasteiger partial charge in [0.15, 0.2) is 0 Å². The first-order valence-electron chi connectivity index (χ1n) is 6.72. The molecule has 1 nitrogen and oxygen atoms in total. The number of rotatable bonds is 5. The third kappa shape index (κ3) is 3.98. The highest BCUT2D eigenvalue weighted by Gasteiger charge is 2.17. The number of hydrogen-bond acceptors (Lipinski definition) is 1. The minimum atomic E-state index is 0.755. The van der Waals surface area contributed by atoms with Crippen molar-refractivity contribution in [3.63, 3.8) is 0 Å². The lowest BCUT2D eigenvalue weighted by atomic mass is 9.82. The van der Waals surface area contributed by atoms with Crippen molar-refractivity contribution in [2.75, 3.05) is 6.54 Å². The molecule has 15 heavy (non-hydrogen) atoms. The smallest absolute Gasteiger partial charge is 0.0139 e. The first kappa shape index (κ1) is 12.8. The van der Waals surface area contributed by atoms with Crippen LogP contribution in [0.4, 0.5) is 0 Å². The molecule has 1 heteroatoms. The van der Waals surface area contributed by atoms with Crippen LogP contribution in [-0.2, 0) is 0 Å². The van der Waals surface area contributed by atoms with Crippen molar-refractivity contribution in [2.45, 2.75) is 58.8 Å². The van der Waals surface area contributed by atoms with Gasteiger partial charge < -0.3 is 5.73 Å². The minimum Gasteiger partial charge on any atom is -0.327 e. The second-order valence-electron chi connectivity index (χ2n) is 4.86. The maximum absolute atomic E-state index is 5.89. The lowest BCUT2D eigenvalue weighted by Crippen LogP contribution is -2.17. The van der Waals surface area contributed by atoms with Crippen LogP contribution in [0.5, 0.6) is 0 Å². The van der Waals surface area contributed by atoms with E-state index in [0.717, 1.165) is 18.4 Å². The zero-order valence-corrected chi connectivity index (χ0v) is 10.5. The molecule has 0 radical (unpaired) electrons. The summed E-state index contributed by atoms with van der Waals surface area (Å²) in [6.07, 6.45) is 12.0. The molecule has 1 aliphatic carbocycles. The van der Waals surface area contributed by atoms with Crippen molar-refractivity contribution in [2.24, 2.45) is 17.6 Å². The molecular weight excluding hydrogens is 182 g/mol. The quantitative estimate of drug-likeness (QED) is 0.683. The molecule has 1 saturated carbocycles. The van der Waals surface area contributed by atoms with Crippen LogP contribution in [0.1, 0.15) is 58.8 Å². The first-order chi connectivity index (χ1) is 7.31. The molecular formula is C14H27N. The molecule has 0 amide bonds. The van der Waals surface area contributed by atoms with Crippen LogP contribution >= 0.6 is 0 Å². The summed E-state index contributed by atoms with van der Waals surface area (Å²) in [6.45, 7) is 5.33. The van der Waals surface area contributed by atoms with E-state index in [1.807, 2.05) is 0 Å². The minimum absolute atomic E-state index is 0.755. The average molecular weight is 209 g/mol. The standard InChI is InChI=1S/C14H27N/c1-3-12(4-2)10-14(11-15)13-8-6-5-7-9-13/h10,12-13H,3-9,11,15H2,1-2H3. The second kappa shape index (κ2) is 7.05. The molecule has 0 bridgehead atoms. The molecule has 0 aromatic carbocycles. The van der Waals surface area contributed by atoms with Gasteiger partial charge in [-0.25, -0.2) is 0 Å². The molecule has 0 aromatic rings. The second-order valence-corrected chi connectivity index (χ2v) is 4.86. The summed E-state index contributed by atoms with van der Waals surface area (Å²) in [7, 11) is 0. The van der Waals surface area contributed by atoms with Gasteiger partial charge in [0.2, 0.25) is 0 Å². The Bertz CT molecular complexity index is 186. The predicted molar refractivity (Wildman–Crippen MR) is 67.8 cm³/mol. The lowest BCUT2D eigenvalue weighted by molar-refractivity contribution is 0.396. The van der Waals surface area contributed by atoms with Crippen LogP contribution in [0.15, 0.2) is 11.6 Å². The van der Waals surface area contributed by atoms with Gasteiger partial charge >= 0.3 is 0 Å². The summed E-state index contributed by atoms with van der Waals surface area (Å²) in [5.41, 5.74) is 7.44. The highest BCUT2D eigenvalue weighted by molar-refractivity contribution is 5.10. The molecule has 0 unspecified atom stereocenters. The van der Waals surface area contributed by atoms with Crippen LogP contribution < -0.4 is 5.73 Å². The van der Waals surface area contributed by atoms with Gasteiger partial charge in [0.25, 0.3) is 0 Å². The third-order valence-corrected chi connectivity index (χ3v) is 3.86. The van der Waals surface area contributed by atoms with E-state index in [0.29, 0.717) is 0 Å². The monoisotopic (exact) mass is 209 g/mol. The summed E-state index contributed by atoms with van der Waals surface area (Å²) in [6, 6.07) is 0. The van der Waals surface area contributed by atoms with Gasteiger partial charge in [0, 0.05) is 6.54 Å². The molecule has 0 atom stereocenters. The van der Waals surface area contributed by atoms with Crippen molar-refractivity contribution >= 4 is 0 Å². The molecule has 0 spiro atoms. The van der Waals surface area contributed by atoms with Crippen LogP contribution in [0.3, 0.4) is 0 Å². The van der Waals surface area contributed by atoms with Crippen LogP contribution in [0, 0.1) is 11.8 Å². The Morgan fingerprint density at radius 1 is 1.20 bits per heavy atom. The van der Waals surface area contributed by atoms with Gasteiger partial charge in [-0.05, 0) is 37.5 Å². The lowest BCUT2D eigenvalue weighted by Gasteiger charge is -2.25. The molecule has 1 fully saturated rings. The van der Waals surface area contributed by atoms with E-state index in [1.54, 1.807) is 5.57 Å². The Balaban J connectivity index is 2.58. The van der Waals surface area contributed by atoms with E-state index < -0.39 is 0 Å². The SMILES string of the molecule is CCC(C=C(CN)C1CCCCC1)CC. The summed E-state index contributed by atoms with van der Waals surface area (Å²) in [5.74, 6) is 1.56. The zero-order valence-electron chi connectivity index (χ0n) is 10.5. The molecule has 0 heterocycles. The molecule has 1 rings (SSSR count). The highest BCUT2D eigenvalue weighted by Crippen LogP contribution is 2.30. The molecule has 0 saturated heterocycles. The summed E-state index contributed by atoms with van der Waals surface area (Å²) in [4.78, 5) is 0. The van der Waals surface area contributed by atoms with Gasteiger partial charge in [-0.2, -0.15) is 0 Å². The third-order valence-electron chi connectivity index (χ3n) is 3.86. The Kier molecular flexibility index (Phi) is 6.00. The van der Waals surface area contributed by atoms with E-state index in [-0.39, 0.29) is 0 Å². The van der Waals surface area contributed by atoms with Crippen molar-refractivity contribution in [1.82, 2.24) is 0 Å². The van der Waals surface area contributed by atoms with E-state index in [1.165, 1.54) is 44.9 Å². The van der Waals surface area contributed by atoms with Crippen LogP contribution in [-0.4, -0.2) is 6.54 Å². The van der Waals surface area contributed by atoms with Crippen LogP contribution in [0.2, 0.25) is 0 Å². The molecule has 2 N–H and O–H groups in total. The fourth-order valence-electron chi connectivity index (χ4n) is 2.67. The number of nitrogens with two attached hydrogens (primary N) is 1. The number of allylic oxidation sites excluding steroid dienone is 1. The topological polar surface area (TPSA) is 26.0 Å². The fourth-order valence-corrected chi connectivity index (χ4v) is 2.67. The van der Waals surface area contributed by atoms with E-state index >= 15 is 0 Å². The van der Waals surface area contributed by atoms with Crippen molar-refractivity contribution < 1.29 is 0 Å². The largest absolute Gasteiger partial charge is 0.327 e. The Labute approximate surface area is 95.1 Å². The predicted octanol–water partition coefficient (Wildman–Crippen LogP) is 3.89. The summed E-state index contributed by atoms with van der Waals surface area (Å²) in [5, 5.41) is 0. The normalized spacial score (nSPS) is 19.9. The summed E-state index contributed by atoms with van der Waals surface area (Å²) >= 11 is 0. The number of hydrogen-bond donors (Lipinski definition) is 1. The fraction of sp³-hybridized carbons (Fsp3) is 0.857. The van der Waals surface area contributed by atoms with Gasteiger partial charge in [-0.1, -0.05) is 44.8 Å². The highest BCUT2D eigenvalue weighted by atomic mass is 14.5. The van der Waals surface area contributed by atoms with Crippen molar-refractivity contribution in [1.29, 1.82) is 0 Å². The Morgan fingerprint density at radius 3 is 2.27 bits per heavy atom. The maximum Gasteiger partial charge on any atom is 0.0139 e. The first-order valence-corrected chi connectivity index (χ1v) is 6.72. The van der Waals surface area contributed by atoms with Crippen molar-refractivity contribution in [3.05, 3.63) is 11.6 Å².